The van der Waals surface area contributed by atoms with Crippen LogP contribution in [0.4, 0.5) is 0 Å². The molecule has 0 aliphatic carbocycles. The molecule has 0 aromatic rings. The molecule has 0 rings (SSSR count). The highest BCUT2D eigenvalue weighted by atomic mass is 16.4. The van der Waals surface area contributed by atoms with Crippen LogP contribution < -0.4 is 21.7 Å². The molecule has 0 aliphatic rings. The van der Waals surface area contributed by atoms with Crippen molar-refractivity contribution in [1.29, 1.82) is 0 Å². The number of amides is 3. The molecular weight excluding hydrogens is 428 g/mol. The number of carbonyl (C=O) groups excluding carboxylic acids is 3. The first kappa shape index (κ1) is 28.8. The molecule has 3 amide bonds. The Morgan fingerprint density at radius 1 is 0.719 bits per heavy atom. The highest BCUT2D eigenvalue weighted by Crippen LogP contribution is 2.08. The summed E-state index contributed by atoms with van der Waals surface area (Å²) in [4.78, 5) is 70.6. The molecule has 13 nitrogen and oxygen atoms in total. The normalized spacial score (nSPS) is 14.7. The van der Waals surface area contributed by atoms with Crippen LogP contribution in [-0.2, 0) is 28.8 Å². The average molecular weight is 460 g/mol. The molecule has 0 spiro atoms. The lowest BCUT2D eigenvalue weighted by Gasteiger charge is -2.26. The van der Waals surface area contributed by atoms with E-state index in [0.29, 0.717) is 0 Å². The van der Waals surface area contributed by atoms with Gasteiger partial charge in [0.1, 0.15) is 18.1 Å². The van der Waals surface area contributed by atoms with Crippen LogP contribution in [-0.4, -0.2) is 75.1 Å². The molecule has 13 heteroatoms. The van der Waals surface area contributed by atoms with Crippen molar-refractivity contribution in [2.45, 2.75) is 71.1 Å². The van der Waals surface area contributed by atoms with E-state index < -0.39 is 78.6 Å². The van der Waals surface area contributed by atoms with E-state index in [1.165, 1.54) is 0 Å². The summed E-state index contributed by atoms with van der Waals surface area (Å²) in [7, 11) is 0. The molecule has 0 saturated heterocycles. The molecule has 32 heavy (non-hydrogen) atoms. The number of hydrogen-bond donors (Lipinski definition) is 7. The third-order valence-electron chi connectivity index (χ3n) is 4.31. The van der Waals surface area contributed by atoms with Gasteiger partial charge in [-0.25, -0.2) is 4.79 Å². The van der Waals surface area contributed by atoms with Crippen LogP contribution in [0.2, 0.25) is 0 Å². The number of rotatable bonds is 14. The first-order valence-electron chi connectivity index (χ1n) is 9.98. The summed E-state index contributed by atoms with van der Waals surface area (Å²) >= 11 is 0. The number of hydrogen-bond acceptors (Lipinski definition) is 7. The number of aliphatic carboxylic acids is 3. The predicted molar refractivity (Wildman–Crippen MR) is 110 cm³/mol. The molecule has 0 saturated carbocycles. The maximum atomic E-state index is 12.7. The van der Waals surface area contributed by atoms with E-state index >= 15 is 0 Å². The maximum Gasteiger partial charge on any atom is 0.326 e. The summed E-state index contributed by atoms with van der Waals surface area (Å²) in [5, 5.41) is 33.8. The molecule has 4 atom stereocenters. The van der Waals surface area contributed by atoms with Crippen LogP contribution in [0, 0.1) is 11.8 Å². The van der Waals surface area contributed by atoms with Gasteiger partial charge in [0, 0.05) is 0 Å². The Labute approximate surface area is 185 Å². The van der Waals surface area contributed by atoms with Gasteiger partial charge in [-0.3, -0.25) is 24.0 Å². The summed E-state index contributed by atoms with van der Waals surface area (Å²) in [6, 6.07) is -5.57. The van der Waals surface area contributed by atoms with Crippen LogP contribution >= 0.6 is 0 Å². The van der Waals surface area contributed by atoms with Crippen LogP contribution in [0.1, 0.15) is 47.0 Å². The molecule has 0 aromatic heterocycles. The Morgan fingerprint density at radius 3 is 1.59 bits per heavy atom. The summed E-state index contributed by atoms with van der Waals surface area (Å²) in [6.45, 7) is 6.56. The van der Waals surface area contributed by atoms with Crippen molar-refractivity contribution in [2.75, 3.05) is 0 Å². The quantitative estimate of drug-likeness (QED) is 0.159. The lowest BCUT2D eigenvalue weighted by molar-refractivity contribution is -0.144. The van der Waals surface area contributed by atoms with Crippen molar-refractivity contribution in [3.05, 3.63) is 0 Å². The average Bonchev–Trinajstić information content (AvgIpc) is 2.62. The number of carboxylic acids is 3. The second-order valence-electron chi connectivity index (χ2n) is 8.12. The van der Waals surface area contributed by atoms with Gasteiger partial charge in [-0.15, -0.1) is 0 Å². The minimum atomic E-state index is -1.61. The Kier molecular flexibility index (Phi) is 11.9. The standard InChI is InChI=1S/C19H32N4O9/c1-8(2)5-11(21-16(28)10(20)6-13(24)25)17(29)22-12(7-14(26)27)18(30)23-15(9(3)4)19(31)32/h8-12,15H,5-7,20H2,1-4H3,(H,21,28)(H,22,29)(H,23,30)(H,24,25)(H,26,27)(H,31,32). The van der Waals surface area contributed by atoms with Crippen molar-refractivity contribution < 1.29 is 44.1 Å². The van der Waals surface area contributed by atoms with E-state index in [1.54, 1.807) is 27.7 Å². The van der Waals surface area contributed by atoms with Gasteiger partial charge in [0.15, 0.2) is 0 Å². The molecule has 0 fully saturated rings. The van der Waals surface area contributed by atoms with Crippen LogP contribution in [0.5, 0.6) is 0 Å². The summed E-state index contributed by atoms with van der Waals surface area (Å²) in [6.07, 6.45) is -1.41. The van der Waals surface area contributed by atoms with Gasteiger partial charge in [0.2, 0.25) is 17.7 Å². The third kappa shape index (κ3) is 10.7. The lowest BCUT2D eigenvalue weighted by atomic mass is 10.0. The number of nitrogens with one attached hydrogen (secondary N) is 3. The van der Waals surface area contributed by atoms with Gasteiger partial charge in [0.05, 0.1) is 18.9 Å². The predicted octanol–water partition coefficient (Wildman–Crippen LogP) is -1.50. The van der Waals surface area contributed by atoms with E-state index in [0.717, 1.165) is 0 Å². The lowest BCUT2D eigenvalue weighted by Crippen LogP contribution is -2.58. The molecule has 4 unspecified atom stereocenters. The Hall–Kier alpha value is -3.22. The SMILES string of the molecule is CC(C)CC(NC(=O)C(N)CC(=O)O)C(=O)NC(CC(=O)O)C(=O)NC(C(=O)O)C(C)C. The first-order valence-corrected chi connectivity index (χ1v) is 9.98. The van der Waals surface area contributed by atoms with Crippen molar-refractivity contribution in [2.24, 2.45) is 17.6 Å². The van der Waals surface area contributed by atoms with Crippen molar-refractivity contribution in [1.82, 2.24) is 16.0 Å². The molecule has 0 aliphatic heterocycles. The number of carboxylic acid groups (broad SMARTS) is 3. The highest BCUT2D eigenvalue weighted by molar-refractivity contribution is 5.96. The largest absolute Gasteiger partial charge is 0.481 e. The molecular formula is C19H32N4O9. The zero-order valence-electron chi connectivity index (χ0n) is 18.5. The molecule has 8 N–H and O–H groups in total. The Balaban J connectivity index is 5.53. The van der Waals surface area contributed by atoms with E-state index in [1.807, 2.05) is 0 Å². The van der Waals surface area contributed by atoms with Gasteiger partial charge in [-0.05, 0) is 18.3 Å². The second kappa shape index (κ2) is 13.2. The van der Waals surface area contributed by atoms with Crippen molar-refractivity contribution >= 4 is 35.6 Å². The summed E-state index contributed by atoms with van der Waals surface area (Å²) < 4.78 is 0. The van der Waals surface area contributed by atoms with Crippen LogP contribution in [0.25, 0.3) is 0 Å². The number of carbonyl (C=O) groups is 6. The van der Waals surface area contributed by atoms with Crippen LogP contribution in [0.3, 0.4) is 0 Å². The van der Waals surface area contributed by atoms with Gasteiger partial charge in [0.25, 0.3) is 0 Å². The van der Waals surface area contributed by atoms with Crippen molar-refractivity contribution in [3.63, 3.8) is 0 Å². The summed E-state index contributed by atoms with van der Waals surface area (Å²) in [5.41, 5.74) is 5.50. The van der Waals surface area contributed by atoms with Gasteiger partial charge in [-0.2, -0.15) is 0 Å². The zero-order valence-corrected chi connectivity index (χ0v) is 18.5. The highest BCUT2D eigenvalue weighted by Gasteiger charge is 2.32. The topological polar surface area (TPSA) is 225 Å². The van der Waals surface area contributed by atoms with E-state index in [2.05, 4.69) is 16.0 Å². The number of nitrogens with two attached hydrogens (primary N) is 1. The maximum absolute atomic E-state index is 12.7. The summed E-state index contributed by atoms with van der Waals surface area (Å²) in [5.74, 6) is -7.51. The molecule has 0 bridgehead atoms. The molecule has 182 valence electrons. The van der Waals surface area contributed by atoms with Gasteiger partial charge < -0.3 is 37.0 Å². The van der Waals surface area contributed by atoms with E-state index in [4.69, 9.17) is 15.9 Å². The fraction of sp³-hybridized carbons (Fsp3) is 0.684. The third-order valence-corrected chi connectivity index (χ3v) is 4.31. The smallest absolute Gasteiger partial charge is 0.326 e. The van der Waals surface area contributed by atoms with Crippen LogP contribution in [0.15, 0.2) is 0 Å². The second-order valence-corrected chi connectivity index (χ2v) is 8.12. The molecule has 0 heterocycles. The van der Waals surface area contributed by atoms with Crippen molar-refractivity contribution in [3.8, 4) is 0 Å². The van der Waals surface area contributed by atoms with Gasteiger partial charge in [-0.1, -0.05) is 27.7 Å². The minimum Gasteiger partial charge on any atom is -0.481 e. The molecule has 0 aromatic carbocycles. The van der Waals surface area contributed by atoms with E-state index in [9.17, 15) is 33.9 Å². The fourth-order valence-corrected chi connectivity index (χ4v) is 2.69. The Bertz CT molecular complexity index is 724. The van der Waals surface area contributed by atoms with Gasteiger partial charge >= 0.3 is 17.9 Å². The zero-order chi connectivity index (χ0) is 25.2. The van der Waals surface area contributed by atoms with E-state index in [-0.39, 0.29) is 12.3 Å². The molecule has 0 radical (unpaired) electrons. The minimum absolute atomic E-state index is 0.0858. The monoisotopic (exact) mass is 460 g/mol. The first-order chi connectivity index (χ1) is 14.6. The Morgan fingerprint density at radius 2 is 1.19 bits per heavy atom. The fourth-order valence-electron chi connectivity index (χ4n) is 2.69.